The average molecular weight is 467 g/mol. The summed E-state index contributed by atoms with van der Waals surface area (Å²) in [6.07, 6.45) is -3.47. The van der Waals surface area contributed by atoms with Crippen LogP contribution in [0.1, 0.15) is 15.9 Å². The van der Waals surface area contributed by atoms with Crippen molar-refractivity contribution < 1.29 is 27.8 Å². The van der Waals surface area contributed by atoms with Crippen LogP contribution in [0.3, 0.4) is 0 Å². The molecule has 0 unspecified atom stereocenters. The van der Waals surface area contributed by atoms with Gasteiger partial charge in [0.1, 0.15) is 11.5 Å². The second-order valence-corrected chi connectivity index (χ2v) is 6.88. The van der Waals surface area contributed by atoms with Gasteiger partial charge in [-0.15, -0.1) is 13.2 Å². The molecule has 1 aromatic heterocycles. The fraction of sp³-hybridized carbons (Fsp3) is 0.100. The third-order valence-electron chi connectivity index (χ3n) is 3.88. The molecule has 2 N–H and O–H groups in total. The topological polar surface area (TPSA) is 71.5 Å². The van der Waals surface area contributed by atoms with Crippen molar-refractivity contribution in [3.05, 3.63) is 76.4 Å². The summed E-state index contributed by atoms with van der Waals surface area (Å²) in [7, 11) is 0. The van der Waals surface area contributed by atoms with Crippen molar-refractivity contribution in [1.82, 2.24) is 10.3 Å². The molecule has 29 heavy (non-hydrogen) atoms. The molecule has 0 radical (unpaired) electrons. The standard InChI is InChI=1S/C20H14BrF3N2O3/c21-15-5-1-13(18(9-15)29-20(22,23)24)10-26-19(28)14-4-8-17(25-11-14)12-2-6-16(27)7-3-12/h1-9,11,27H,10H2,(H,26,28). The zero-order valence-electron chi connectivity index (χ0n) is 14.7. The molecule has 0 aliphatic rings. The fourth-order valence-corrected chi connectivity index (χ4v) is 2.84. The molecule has 0 fully saturated rings. The Balaban J connectivity index is 1.69. The Morgan fingerprint density at radius 2 is 1.83 bits per heavy atom. The molecular weight excluding hydrogens is 453 g/mol. The molecule has 150 valence electrons. The molecule has 3 rings (SSSR count). The van der Waals surface area contributed by atoms with E-state index in [9.17, 15) is 23.1 Å². The van der Waals surface area contributed by atoms with Crippen molar-refractivity contribution in [3.63, 3.8) is 0 Å². The number of amides is 1. The van der Waals surface area contributed by atoms with Gasteiger partial charge < -0.3 is 15.2 Å². The number of rotatable bonds is 5. The van der Waals surface area contributed by atoms with Gasteiger partial charge in [0.15, 0.2) is 0 Å². The smallest absolute Gasteiger partial charge is 0.508 e. The Morgan fingerprint density at radius 3 is 2.45 bits per heavy atom. The van der Waals surface area contributed by atoms with Crippen molar-refractivity contribution in [2.75, 3.05) is 0 Å². The number of hydrogen-bond donors (Lipinski definition) is 2. The Hall–Kier alpha value is -3.07. The van der Waals surface area contributed by atoms with Crippen LogP contribution in [-0.4, -0.2) is 22.4 Å². The molecule has 3 aromatic rings. The van der Waals surface area contributed by atoms with Crippen LogP contribution in [-0.2, 0) is 6.54 Å². The number of alkyl halides is 3. The Labute approximate surface area is 172 Å². The third-order valence-corrected chi connectivity index (χ3v) is 4.38. The predicted octanol–water partition coefficient (Wildman–Crippen LogP) is 5.05. The molecule has 0 atom stereocenters. The van der Waals surface area contributed by atoms with Crippen LogP contribution >= 0.6 is 15.9 Å². The highest BCUT2D eigenvalue weighted by molar-refractivity contribution is 9.10. The van der Waals surface area contributed by atoms with Crippen molar-refractivity contribution in [2.45, 2.75) is 12.9 Å². The van der Waals surface area contributed by atoms with E-state index in [1.807, 2.05) is 0 Å². The number of pyridine rings is 1. The summed E-state index contributed by atoms with van der Waals surface area (Å²) in [4.78, 5) is 16.5. The zero-order valence-corrected chi connectivity index (χ0v) is 16.3. The number of hydrogen-bond acceptors (Lipinski definition) is 4. The van der Waals surface area contributed by atoms with Crippen LogP contribution in [0.15, 0.2) is 65.3 Å². The number of ether oxygens (including phenoxy) is 1. The van der Waals surface area contributed by atoms with E-state index in [4.69, 9.17) is 0 Å². The van der Waals surface area contributed by atoms with Gasteiger partial charge in [-0.3, -0.25) is 9.78 Å². The maximum absolute atomic E-state index is 12.6. The molecule has 1 heterocycles. The number of nitrogens with zero attached hydrogens (tertiary/aromatic N) is 1. The Morgan fingerprint density at radius 1 is 1.10 bits per heavy atom. The minimum absolute atomic E-state index is 0.131. The summed E-state index contributed by atoms with van der Waals surface area (Å²) < 4.78 is 42.1. The number of aromatic nitrogens is 1. The van der Waals surface area contributed by atoms with Crippen molar-refractivity contribution in [3.8, 4) is 22.8 Å². The van der Waals surface area contributed by atoms with E-state index < -0.39 is 18.0 Å². The van der Waals surface area contributed by atoms with Crippen molar-refractivity contribution in [2.24, 2.45) is 0 Å². The van der Waals surface area contributed by atoms with Gasteiger partial charge in [0.05, 0.1) is 11.3 Å². The molecule has 0 bridgehead atoms. The lowest BCUT2D eigenvalue weighted by molar-refractivity contribution is -0.274. The maximum atomic E-state index is 12.6. The highest BCUT2D eigenvalue weighted by Crippen LogP contribution is 2.29. The summed E-state index contributed by atoms with van der Waals surface area (Å²) in [5.74, 6) is -0.754. The first-order valence-electron chi connectivity index (χ1n) is 8.29. The van der Waals surface area contributed by atoms with E-state index in [2.05, 4.69) is 31.0 Å². The van der Waals surface area contributed by atoms with Gasteiger partial charge >= 0.3 is 6.36 Å². The normalized spacial score (nSPS) is 11.2. The summed E-state index contributed by atoms with van der Waals surface area (Å²) >= 11 is 3.09. The van der Waals surface area contributed by atoms with Crippen LogP contribution < -0.4 is 10.1 Å². The predicted molar refractivity (Wildman–Crippen MR) is 103 cm³/mol. The SMILES string of the molecule is O=C(NCc1ccc(Br)cc1OC(F)(F)F)c1ccc(-c2ccc(O)cc2)nc1. The minimum atomic E-state index is -4.84. The van der Waals surface area contributed by atoms with Gasteiger partial charge in [-0.25, -0.2) is 0 Å². The molecule has 5 nitrogen and oxygen atoms in total. The lowest BCUT2D eigenvalue weighted by atomic mass is 10.1. The molecule has 9 heteroatoms. The third kappa shape index (κ3) is 5.71. The molecule has 0 saturated heterocycles. The van der Waals surface area contributed by atoms with Gasteiger partial charge in [0.25, 0.3) is 5.91 Å². The summed E-state index contributed by atoms with van der Waals surface area (Å²) in [5, 5.41) is 11.9. The number of carbonyl (C=O) groups excluding carboxylic acids is 1. The lowest BCUT2D eigenvalue weighted by Gasteiger charge is -2.14. The summed E-state index contributed by atoms with van der Waals surface area (Å²) in [6, 6.07) is 13.8. The van der Waals surface area contributed by atoms with Gasteiger partial charge in [-0.05, 0) is 48.5 Å². The van der Waals surface area contributed by atoms with Crippen LogP contribution in [0.25, 0.3) is 11.3 Å². The summed E-state index contributed by atoms with van der Waals surface area (Å²) in [5.41, 5.74) is 1.80. The second kappa shape index (κ2) is 8.52. The maximum Gasteiger partial charge on any atom is 0.573 e. The Bertz CT molecular complexity index is 1010. The number of carbonyl (C=O) groups is 1. The van der Waals surface area contributed by atoms with Gasteiger partial charge in [0, 0.05) is 28.3 Å². The first-order valence-corrected chi connectivity index (χ1v) is 9.08. The van der Waals surface area contributed by atoms with Crippen molar-refractivity contribution in [1.29, 1.82) is 0 Å². The molecule has 0 saturated carbocycles. The Kier molecular flexibility index (Phi) is 6.07. The molecule has 1 amide bonds. The van der Waals surface area contributed by atoms with E-state index in [-0.39, 0.29) is 23.4 Å². The van der Waals surface area contributed by atoms with Crippen LogP contribution in [0.2, 0.25) is 0 Å². The van der Waals surface area contributed by atoms with Crippen LogP contribution in [0, 0.1) is 0 Å². The van der Waals surface area contributed by atoms with E-state index >= 15 is 0 Å². The van der Waals surface area contributed by atoms with Gasteiger partial charge in [-0.1, -0.05) is 22.0 Å². The monoisotopic (exact) mass is 466 g/mol. The molecular formula is C20H14BrF3N2O3. The second-order valence-electron chi connectivity index (χ2n) is 5.96. The molecule has 0 spiro atoms. The molecule has 0 aliphatic carbocycles. The first kappa shape index (κ1) is 20.7. The van der Waals surface area contributed by atoms with E-state index in [0.29, 0.717) is 10.2 Å². The molecule has 0 aliphatic heterocycles. The largest absolute Gasteiger partial charge is 0.573 e. The van der Waals surface area contributed by atoms with E-state index in [0.717, 1.165) is 5.56 Å². The minimum Gasteiger partial charge on any atom is -0.508 e. The van der Waals surface area contributed by atoms with Gasteiger partial charge in [0.2, 0.25) is 0 Å². The number of benzene rings is 2. The van der Waals surface area contributed by atoms with Crippen LogP contribution in [0.5, 0.6) is 11.5 Å². The number of halogens is 4. The van der Waals surface area contributed by atoms with E-state index in [1.54, 1.807) is 30.3 Å². The number of phenols is 1. The van der Waals surface area contributed by atoms with Gasteiger partial charge in [-0.2, -0.15) is 0 Å². The summed E-state index contributed by atoms with van der Waals surface area (Å²) in [6.45, 7) is -0.156. The number of aromatic hydroxyl groups is 1. The molecule has 2 aromatic carbocycles. The average Bonchev–Trinajstić information content (AvgIpc) is 2.67. The highest BCUT2D eigenvalue weighted by atomic mass is 79.9. The lowest BCUT2D eigenvalue weighted by Crippen LogP contribution is -2.24. The van der Waals surface area contributed by atoms with E-state index in [1.165, 1.54) is 30.5 Å². The van der Waals surface area contributed by atoms with Crippen LogP contribution in [0.4, 0.5) is 13.2 Å². The zero-order chi connectivity index (χ0) is 21.0. The first-order chi connectivity index (χ1) is 13.7. The number of phenolic OH excluding ortho intramolecular Hbond substituents is 1. The quantitative estimate of drug-likeness (QED) is 0.552. The number of nitrogens with one attached hydrogen (secondary N) is 1. The highest BCUT2D eigenvalue weighted by Gasteiger charge is 2.32. The fourth-order valence-electron chi connectivity index (χ4n) is 2.50. The van der Waals surface area contributed by atoms with Crippen molar-refractivity contribution >= 4 is 21.8 Å².